The van der Waals surface area contributed by atoms with Crippen LogP contribution in [-0.4, -0.2) is 47.7 Å². The Hall–Kier alpha value is -2.97. The lowest BCUT2D eigenvalue weighted by Gasteiger charge is -2.26. The molecule has 0 aliphatic carbocycles. The lowest BCUT2D eigenvalue weighted by molar-refractivity contribution is -0.129. The van der Waals surface area contributed by atoms with Crippen molar-refractivity contribution in [3.8, 4) is 21.7 Å². The number of hydrogen-bond acceptors (Lipinski definition) is 5. The van der Waals surface area contributed by atoms with E-state index < -0.39 is 15.6 Å². The monoisotopic (exact) mass is 521 g/mol. The minimum Gasteiger partial charge on any atom is -0.354 e. The number of aryl methyl sites for hydroxylation is 2. The number of H-pyrrole nitrogens is 1. The highest BCUT2D eigenvalue weighted by atomic mass is 32.2. The molecule has 8 heteroatoms. The van der Waals surface area contributed by atoms with E-state index in [0.29, 0.717) is 19.0 Å². The van der Waals surface area contributed by atoms with Gasteiger partial charge in [0.25, 0.3) is 0 Å². The van der Waals surface area contributed by atoms with Gasteiger partial charge in [-0.2, -0.15) is 0 Å². The normalized spacial score (nSPS) is 14.0. The highest BCUT2D eigenvalue weighted by Crippen LogP contribution is 2.40. The second-order valence-corrected chi connectivity index (χ2v) is 13.4. The highest BCUT2D eigenvalue weighted by molar-refractivity contribution is 7.91. The van der Waals surface area contributed by atoms with Crippen LogP contribution < -0.4 is 0 Å². The summed E-state index contributed by atoms with van der Waals surface area (Å²) in [6, 6.07) is 13.1. The van der Waals surface area contributed by atoms with Gasteiger partial charge >= 0.3 is 0 Å². The zero-order valence-corrected chi connectivity index (χ0v) is 22.9. The first kappa shape index (κ1) is 24.7. The fourth-order valence-corrected chi connectivity index (χ4v) is 7.02. The molecule has 0 unspecified atom stereocenters. The number of nitrogens with one attached hydrogen (secondary N) is 1. The van der Waals surface area contributed by atoms with Crippen molar-refractivity contribution in [1.29, 1.82) is 0 Å². The fraction of sp³-hybridized carbons (Fsp3) is 0.357. The van der Waals surface area contributed by atoms with Crippen molar-refractivity contribution in [3.05, 3.63) is 63.8 Å². The van der Waals surface area contributed by atoms with Crippen molar-refractivity contribution < 1.29 is 13.2 Å². The third kappa shape index (κ3) is 4.84. The van der Waals surface area contributed by atoms with Crippen molar-refractivity contribution in [2.24, 2.45) is 0 Å². The fourth-order valence-electron chi connectivity index (χ4n) is 5.16. The third-order valence-corrected chi connectivity index (χ3v) is 8.67. The van der Waals surface area contributed by atoms with Crippen LogP contribution in [0.25, 0.3) is 32.6 Å². The molecule has 4 aromatic rings. The second kappa shape index (κ2) is 9.16. The quantitative estimate of drug-likeness (QED) is 0.369. The minimum absolute atomic E-state index is 0.317. The Kier molecular flexibility index (Phi) is 6.29. The number of rotatable bonds is 5. The molecule has 3 aromatic heterocycles. The van der Waals surface area contributed by atoms with Crippen LogP contribution in [0.2, 0.25) is 0 Å². The summed E-state index contributed by atoms with van der Waals surface area (Å²) >= 11 is 1.70. The van der Waals surface area contributed by atoms with Crippen LogP contribution in [0.5, 0.6) is 0 Å². The van der Waals surface area contributed by atoms with E-state index in [1.807, 2.05) is 13.8 Å². The smallest absolute Gasteiger partial charge is 0.238 e. The van der Waals surface area contributed by atoms with Crippen LogP contribution >= 0.6 is 11.3 Å². The van der Waals surface area contributed by atoms with E-state index in [0.717, 1.165) is 51.3 Å². The summed E-state index contributed by atoms with van der Waals surface area (Å²) < 4.78 is 23.2. The van der Waals surface area contributed by atoms with E-state index in [9.17, 15) is 13.2 Å². The van der Waals surface area contributed by atoms with Gasteiger partial charge in [-0.3, -0.25) is 9.78 Å². The number of pyridine rings is 1. The van der Waals surface area contributed by atoms with E-state index in [-0.39, 0.29) is 5.91 Å². The predicted molar refractivity (Wildman–Crippen MR) is 147 cm³/mol. The van der Waals surface area contributed by atoms with Crippen LogP contribution in [0.3, 0.4) is 0 Å². The first-order valence-electron chi connectivity index (χ1n) is 12.2. The molecule has 4 heterocycles. The van der Waals surface area contributed by atoms with E-state index in [1.165, 1.54) is 21.4 Å². The number of aromatic amines is 1. The molecule has 5 rings (SSSR count). The van der Waals surface area contributed by atoms with Crippen LogP contribution in [-0.2, 0) is 27.6 Å². The number of sulfone groups is 1. The first-order chi connectivity index (χ1) is 17.0. The number of fused-ring (bicyclic) bond motifs is 2. The molecular weight excluding hydrogens is 490 g/mol. The number of carbonyl (C=O) groups is 1. The zero-order chi connectivity index (χ0) is 25.8. The molecular formula is C28H31N3O3S2. The molecule has 0 bridgehead atoms. The summed E-state index contributed by atoms with van der Waals surface area (Å²) in [5, 5.41) is 1.22. The number of amides is 1. The van der Waals surface area contributed by atoms with Crippen LogP contribution in [0.4, 0.5) is 0 Å². The Morgan fingerprint density at radius 2 is 1.83 bits per heavy atom. The Morgan fingerprint density at radius 1 is 1.11 bits per heavy atom. The molecule has 0 spiro atoms. The number of nitrogens with zero attached hydrogens (tertiary/aromatic N) is 2. The van der Waals surface area contributed by atoms with Crippen LogP contribution in [0.15, 0.2) is 36.4 Å². The highest BCUT2D eigenvalue weighted by Gasteiger charge is 2.25. The summed E-state index contributed by atoms with van der Waals surface area (Å²) in [6.07, 6.45) is 1.85. The summed E-state index contributed by atoms with van der Waals surface area (Å²) in [4.78, 5) is 24.6. The van der Waals surface area contributed by atoms with Crippen molar-refractivity contribution in [1.82, 2.24) is 14.9 Å². The number of aromatic nitrogens is 2. The van der Waals surface area contributed by atoms with Gasteiger partial charge in [0.05, 0.1) is 12.2 Å². The molecule has 0 radical (unpaired) electrons. The largest absolute Gasteiger partial charge is 0.354 e. The standard InChI is InChI=1S/C28H31N3O3S2/c1-16(2)27-22-12-19(6-7-23(22)30-28(27)21-10-17(3)29-18(4)11-21)24-13-20-8-9-31(14-25(20)35-24)26(32)15-36(5,33)34/h6-7,10-13,16,30H,8-9,14-15H2,1-5H3. The molecule has 6 nitrogen and oxygen atoms in total. The second-order valence-electron chi connectivity index (χ2n) is 10.2. The molecule has 1 N–H and O–H groups in total. The molecule has 0 saturated heterocycles. The average molecular weight is 522 g/mol. The Bertz CT molecular complexity index is 1580. The molecule has 36 heavy (non-hydrogen) atoms. The number of thiophene rings is 1. The Morgan fingerprint density at radius 3 is 2.50 bits per heavy atom. The molecule has 0 fully saturated rings. The predicted octanol–water partition coefficient (Wildman–Crippen LogP) is 5.63. The Labute approximate surface area is 216 Å². The number of carbonyl (C=O) groups excluding carboxylic acids is 1. The Balaban J connectivity index is 1.51. The van der Waals surface area contributed by atoms with E-state index in [1.54, 1.807) is 16.2 Å². The molecule has 0 atom stereocenters. The van der Waals surface area contributed by atoms with Gasteiger partial charge < -0.3 is 9.88 Å². The van der Waals surface area contributed by atoms with E-state index >= 15 is 0 Å². The molecule has 1 amide bonds. The van der Waals surface area contributed by atoms with Gasteiger partial charge in [-0.25, -0.2) is 8.42 Å². The molecule has 1 aliphatic heterocycles. The van der Waals surface area contributed by atoms with Crippen molar-refractivity contribution in [3.63, 3.8) is 0 Å². The van der Waals surface area contributed by atoms with Crippen LogP contribution in [0, 0.1) is 13.8 Å². The van der Waals surface area contributed by atoms with Gasteiger partial charge in [0.1, 0.15) is 5.75 Å². The van der Waals surface area contributed by atoms with Gasteiger partial charge in [-0.05, 0) is 73.2 Å². The van der Waals surface area contributed by atoms with Gasteiger partial charge in [-0.1, -0.05) is 19.9 Å². The van der Waals surface area contributed by atoms with Gasteiger partial charge in [0, 0.05) is 50.4 Å². The summed E-state index contributed by atoms with van der Waals surface area (Å²) in [7, 11) is -3.34. The van der Waals surface area contributed by atoms with Crippen molar-refractivity contribution >= 4 is 38.0 Å². The molecule has 0 saturated carbocycles. The lowest BCUT2D eigenvalue weighted by atomic mass is 9.95. The summed E-state index contributed by atoms with van der Waals surface area (Å²) in [5.74, 6) is -0.409. The van der Waals surface area contributed by atoms with E-state index in [4.69, 9.17) is 0 Å². The van der Waals surface area contributed by atoms with Gasteiger partial charge in [0.15, 0.2) is 9.84 Å². The number of hydrogen-bond donors (Lipinski definition) is 1. The van der Waals surface area contributed by atoms with Crippen LogP contribution in [0.1, 0.15) is 47.2 Å². The zero-order valence-electron chi connectivity index (χ0n) is 21.3. The van der Waals surface area contributed by atoms with Crippen molar-refractivity contribution in [2.45, 2.75) is 46.6 Å². The first-order valence-corrected chi connectivity index (χ1v) is 15.0. The maximum atomic E-state index is 12.5. The molecule has 1 aromatic carbocycles. The van der Waals surface area contributed by atoms with Gasteiger partial charge in [-0.15, -0.1) is 11.3 Å². The maximum Gasteiger partial charge on any atom is 0.238 e. The topological polar surface area (TPSA) is 83.1 Å². The maximum absolute atomic E-state index is 12.5. The minimum atomic E-state index is -3.34. The molecule has 1 aliphatic rings. The average Bonchev–Trinajstić information content (AvgIpc) is 3.37. The lowest BCUT2D eigenvalue weighted by Crippen LogP contribution is -2.38. The third-order valence-electron chi connectivity index (χ3n) is 6.69. The SMILES string of the molecule is Cc1cc(-c2[nH]c3ccc(-c4cc5c(s4)CN(C(=O)CS(C)(=O)=O)CC5)cc3c2C(C)C)cc(C)n1. The summed E-state index contributed by atoms with van der Waals surface area (Å²) in [5.41, 5.74) is 9.15. The van der Waals surface area contributed by atoms with Gasteiger partial charge in [0.2, 0.25) is 5.91 Å². The van der Waals surface area contributed by atoms with Crippen molar-refractivity contribution in [2.75, 3.05) is 18.6 Å². The number of benzene rings is 1. The summed E-state index contributed by atoms with van der Waals surface area (Å²) in [6.45, 7) is 9.54. The molecule has 188 valence electrons. The van der Waals surface area contributed by atoms with E-state index in [2.05, 4.69) is 60.2 Å².